The Kier molecular flexibility index (Phi) is 9.30. The molecule has 5 aliphatic rings. The molecule has 2 aromatic rings. The summed E-state index contributed by atoms with van der Waals surface area (Å²) in [5.74, 6) is -1.58. The van der Waals surface area contributed by atoms with Crippen molar-refractivity contribution in [1.82, 2.24) is 25.2 Å². The minimum Gasteiger partial charge on any atom is -0.483 e. The van der Waals surface area contributed by atoms with Gasteiger partial charge in [0.1, 0.15) is 34.6 Å². The molecular weight excluding hydrogens is 699 g/mol. The number of para-hydroxylation sites is 1. The third-order valence-corrected chi connectivity index (χ3v) is 13.7. The van der Waals surface area contributed by atoms with Crippen LogP contribution >= 0.6 is 0 Å². The van der Waals surface area contributed by atoms with E-state index >= 15 is 0 Å². The lowest BCUT2D eigenvalue weighted by atomic mass is 9.87. The molecule has 1 saturated heterocycles. The lowest BCUT2D eigenvalue weighted by molar-refractivity contribution is -0.141. The second kappa shape index (κ2) is 13.3. The minimum absolute atomic E-state index is 0.0669. The van der Waals surface area contributed by atoms with Crippen molar-refractivity contribution in [3.05, 3.63) is 47.7 Å². The molecule has 3 N–H and O–H groups in total. The number of ether oxygens (including phenoxy) is 2. The van der Waals surface area contributed by atoms with Crippen LogP contribution in [0, 0.1) is 12.8 Å². The van der Waals surface area contributed by atoms with Crippen molar-refractivity contribution in [1.29, 1.82) is 0 Å². The van der Waals surface area contributed by atoms with Crippen LogP contribution in [0.4, 0.5) is 4.79 Å². The smallest absolute Gasteiger partial charge is 0.408 e. The number of hydrogen-bond acceptors (Lipinski definition) is 9. The van der Waals surface area contributed by atoms with Crippen molar-refractivity contribution in [3.63, 3.8) is 0 Å². The molecule has 53 heavy (non-hydrogen) atoms. The maximum atomic E-state index is 14.7. The van der Waals surface area contributed by atoms with Crippen molar-refractivity contribution < 1.29 is 37.1 Å². The lowest BCUT2D eigenvalue weighted by Gasteiger charge is -2.36. The SMILES string of the molecule is Cc1nc2ccccc2c2c1O[C@]1(CC2)C[C@H]2C(=O)N[C@]3(C(=O)NS(=O)(=O)C4(C)CC4)C[C@H]3/C=C\CCCCC[C@H](NC(=O)OC(C)(C)C)C(=O)N2C1. The number of aryl methyl sites for hydroxylation is 2. The van der Waals surface area contributed by atoms with Crippen LogP contribution in [0.15, 0.2) is 36.4 Å². The summed E-state index contributed by atoms with van der Waals surface area (Å²) in [6.07, 6.45) is 8.79. The molecule has 3 aliphatic heterocycles. The number of rotatable bonds is 4. The first-order chi connectivity index (χ1) is 24.9. The number of amides is 4. The predicted molar refractivity (Wildman–Crippen MR) is 197 cm³/mol. The number of fused-ring (bicyclic) bond motifs is 5. The van der Waals surface area contributed by atoms with Crippen LogP contribution in [0.25, 0.3) is 10.9 Å². The number of sulfonamides is 1. The maximum absolute atomic E-state index is 14.7. The average Bonchev–Trinajstić information content (AvgIpc) is 3.97. The number of carbonyl (C=O) groups excluding carboxylic acids is 4. The molecule has 13 nitrogen and oxygen atoms in total. The zero-order valence-corrected chi connectivity index (χ0v) is 32.1. The highest BCUT2D eigenvalue weighted by Crippen LogP contribution is 2.49. The Morgan fingerprint density at radius 3 is 2.57 bits per heavy atom. The van der Waals surface area contributed by atoms with Gasteiger partial charge in [-0.05, 0) is 92.1 Å². The number of nitrogens with one attached hydrogen (secondary N) is 3. The van der Waals surface area contributed by atoms with Crippen LogP contribution in [0.3, 0.4) is 0 Å². The average molecular weight is 750 g/mol. The number of pyridine rings is 1. The fourth-order valence-corrected chi connectivity index (χ4v) is 9.40. The van der Waals surface area contributed by atoms with E-state index in [1.807, 2.05) is 43.3 Å². The van der Waals surface area contributed by atoms with E-state index in [4.69, 9.17) is 14.5 Å². The summed E-state index contributed by atoms with van der Waals surface area (Å²) in [5, 5.41) is 6.72. The van der Waals surface area contributed by atoms with E-state index in [0.717, 1.165) is 29.3 Å². The number of benzene rings is 1. The van der Waals surface area contributed by atoms with Crippen LogP contribution in [0.1, 0.15) is 103 Å². The fourth-order valence-electron chi connectivity index (χ4n) is 8.09. The van der Waals surface area contributed by atoms with Crippen LogP contribution in [0.5, 0.6) is 5.75 Å². The van der Waals surface area contributed by atoms with Crippen molar-refractivity contribution in [2.45, 2.75) is 139 Å². The highest BCUT2D eigenvalue weighted by Gasteiger charge is 2.64. The summed E-state index contributed by atoms with van der Waals surface area (Å²) in [7, 11) is -3.98. The largest absolute Gasteiger partial charge is 0.483 e. The molecule has 0 unspecified atom stereocenters. The first-order valence-electron chi connectivity index (χ1n) is 18.9. The number of hydrogen-bond donors (Lipinski definition) is 3. The maximum Gasteiger partial charge on any atom is 0.408 e. The molecule has 1 aromatic carbocycles. The van der Waals surface area contributed by atoms with Gasteiger partial charge in [-0.2, -0.15) is 0 Å². The van der Waals surface area contributed by atoms with Crippen LogP contribution < -0.4 is 20.1 Å². The Morgan fingerprint density at radius 2 is 1.83 bits per heavy atom. The minimum atomic E-state index is -3.98. The molecule has 286 valence electrons. The Hall–Kier alpha value is -4.20. The monoisotopic (exact) mass is 749 g/mol. The molecule has 0 bridgehead atoms. The van der Waals surface area contributed by atoms with Crippen molar-refractivity contribution >= 4 is 44.7 Å². The Balaban J connectivity index is 1.23. The van der Waals surface area contributed by atoms with E-state index in [1.54, 1.807) is 27.7 Å². The molecule has 3 fully saturated rings. The Bertz CT molecular complexity index is 1990. The first kappa shape index (κ1) is 37.1. The summed E-state index contributed by atoms with van der Waals surface area (Å²) < 4.78 is 40.0. The fraction of sp³-hybridized carbons (Fsp3) is 0.615. The van der Waals surface area contributed by atoms with Crippen molar-refractivity contribution in [3.8, 4) is 5.75 Å². The highest BCUT2D eigenvalue weighted by molar-refractivity contribution is 7.91. The molecule has 2 saturated carbocycles. The summed E-state index contributed by atoms with van der Waals surface area (Å²) in [5.41, 5.74) is -0.650. The zero-order valence-electron chi connectivity index (χ0n) is 31.3. The topological polar surface area (TPSA) is 173 Å². The van der Waals surface area contributed by atoms with Gasteiger partial charge < -0.3 is 25.0 Å². The zero-order chi connectivity index (χ0) is 38.0. The third kappa shape index (κ3) is 7.23. The van der Waals surface area contributed by atoms with E-state index < -0.39 is 73.3 Å². The van der Waals surface area contributed by atoms with E-state index in [-0.39, 0.29) is 19.4 Å². The molecule has 2 aliphatic carbocycles. The Morgan fingerprint density at radius 1 is 1.08 bits per heavy atom. The number of aromatic nitrogens is 1. The van der Waals surface area contributed by atoms with E-state index in [9.17, 15) is 27.6 Å². The Labute approximate surface area is 311 Å². The number of nitrogens with zero attached hydrogens (tertiary/aromatic N) is 2. The first-order valence-corrected chi connectivity index (χ1v) is 20.4. The van der Waals surface area contributed by atoms with Crippen LogP contribution in [0.2, 0.25) is 0 Å². The van der Waals surface area contributed by atoms with Gasteiger partial charge in [0.05, 0.1) is 22.5 Å². The summed E-state index contributed by atoms with van der Waals surface area (Å²) in [6.45, 7) is 8.79. The molecule has 1 aromatic heterocycles. The molecule has 4 amide bonds. The summed E-state index contributed by atoms with van der Waals surface area (Å²) in [6, 6.07) is 5.82. The molecule has 0 radical (unpaired) electrons. The quantitative estimate of drug-likeness (QED) is 0.381. The predicted octanol–water partition coefficient (Wildman–Crippen LogP) is 4.49. The van der Waals surface area contributed by atoms with Gasteiger partial charge >= 0.3 is 6.09 Å². The molecule has 7 rings (SSSR count). The van der Waals surface area contributed by atoms with Crippen molar-refractivity contribution in [2.75, 3.05) is 6.54 Å². The third-order valence-electron chi connectivity index (χ3n) is 11.6. The van der Waals surface area contributed by atoms with Gasteiger partial charge in [-0.1, -0.05) is 43.2 Å². The van der Waals surface area contributed by atoms with Gasteiger partial charge in [0.25, 0.3) is 5.91 Å². The van der Waals surface area contributed by atoms with Gasteiger partial charge in [-0.3, -0.25) is 19.1 Å². The molecule has 4 heterocycles. The van der Waals surface area contributed by atoms with E-state index in [0.29, 0.717) is 56.4 Å². The summed E-state index contributed by atoms with van der Waals surface area (Å²) >= 11 is 0. The molecule has 14 heteroatoms. The second-order valence-corrected chi connectivity index (χ2v) is 19.1. The van der Waals surface area contributed by atoms with Gasteiger partial charge in [0.2, 0.25) is 21.8 Å². The van der Waals surface area contributed by atoms with Gasteiger partial charge in [0.15, 0.2) is 0 Å². The number of allylic oxidation sites excluding steroid dienone is 1. The van der Waals surface area contributed by atoms with Crippen LogP contribution in [-0.2, 0) is 35.6 Å². The van der Waals surface area contributed by atoms with Crippen molar-refractivity contribution in [2.24, 2.45) is 5.92 Å². The molecule has 1 spiro atoms. The normalized spacial score (nSPS) is 30.4. The molecule has 5 atom stereocenters. The highest BCUT2D eigenvalue weighted by atomic mass is 32.2. The summed E-state index contributed by atoms with van der Waals surface area (Å²) in [4.78, 5) is 62.5. The number of alkyl carbamates (subject to hydrolysis) is 1. The molecular formula is C39H51N5O8S. The number of carbonyl (C=O) groups is 4. The standard InChI is InChI=1S/C39H51N5O8S/c1-24-31-27(26-14-11-12-15-28(26)40-24)17-18-38(51-31)22-30-32(45)42-39(34(47)43-53(49,50)37(5)19-20-37)21-25(39)13-9-7-6-8-10-16-29(33(46)44(30)23-38)41-35(48)52-36(2,3)4/h9,11-15,25,29-30H,6-8,10,16-23H2,1-5H3,(H,41,48)(H,42,45)(H,43,47)/b13-9-/t25-,29+,30+,38-,39-/m1/s1. The lowest BCUT2D eigenvalue weighted by Crippen LogP contribution is -2.58. The van der Waals surface area contributed by atoms with Gasteiger partial charge in [-0.15, -0.1) is 0 Å². The van der Waals surface area contributed by atoms with E-state index in [2.05, 4.69) is 15.4 Å². The van der Waals surface area contributed by atoms with E-state index in [1.165, 1.54) is 4.90 Å². The van der Waals surface area contributed by atoms with Gasteiger partial charge in [0, 0.05) is 23.3 Å². The van der Waals surface area contributed by atoms with Crippen LogP contribution in [-0.4, -0.2) is 82.2 Å². The van der Waals surface area contributed by atoms with Gasteiger partial charge in [-0.25, -0.2) is 18.2 Å². The second-order valence-electron chi connectivity index (χ2n) is 16.9.